The van der Waals surface area contributed by atoms with E-state index in [4.69, 9.17) is 4.98 Å². The van der Waals surface area contributed by atoms with Crippen molar-refractivity contribution in [1.82, 2.24) is 19.1 Å². The molecule has 33 heavy (non-hydrogen) atoms. The molecule has 1 aliphatic carbocycles. The van der Waals surface area contributed by atoms with Crippen molar-refractivity contribution in [3.63, 3.8) is 0 Å². The number of amides is 1. The summed E-state index contributed by atoms with van der Waals surface area (Å²) in [6.07, 6.45) is 2.82. The molecular weight excluding hydrogens is 438 g/mol. The molecule has 1 aromatic carbocycles. The van der Waals surface area contributed by atoms with E-state index in [1.54, 1.807) is 27.8 Å². The van der Waals surface area contributed by atoms with Crippen LogP contribution in [0.4, 0.5) is 5.69 Å². The number of pyridine rings is 1. The van der Waals surface area contributed by atoms with Gasteiger partial charge in [-0.2, -0.15) is 9.40 Å². The molecule has 3 heterocycles. The first-order valence-electron chi connectivity index (χ1n) is 11.6. The highest BCUT2D eigenvalue weighted by Crippen LogP contribution is 2.41. The van der Waals surface area contributed by atoms with Gasteiger partial charge in [-0.05, 0) is 56.0 Å². The number of carbonyl (C=O) groups excluding carboxylic acids is 1. The molecule has 2 aromatic heterocycles. The van der Waals surface area contributed by atoms with E-state index in [2.05, 4.69) is 5.10 Å². The SMILES string of the molecule is CCN(CC)S(=O)(=O)c1ccc2c(c1)CCN2C(=O)c1cc(C2CC2)nc2c1c(C)nn2C. The summed E-state index contributed by atoms with van der Waals surface area (Å²) >= 11 is 0. The summed E-state index contributed by atoms with van der Waals surface area (Å²) in [6, 6.07) is 7.05. The van der Waals surface area contributed by atoms with Crippen LogP contribution in [-0.2, 0) is 23.5 Å². The Bertz CT molecular complexity index is 1370. The van der Waals surface area contributed by atoms with E-state index >= 15 is 0 Å². The average Bonchev–Trinajstić information content (AvgIpc) is 3.50. The fraction of sp³-hybridized carbons (Fsp3) is 0.458. The van der Waals surface area contributed by atoms with E-state index in [0.29, 0.717) is 37.5 Å². The normalized spacial score (nSPS) is 16.1. The van der Waals surface area contributed by atoms with Gasteiger partial charge in [-0.1, -0.05) is 13.8 Å². The molecule has 5 rings (SSSR count). The molecule has 0 unspecified atom stereocenters. The fourth-order valence-corrected chi connectivity index (χ4v) is 6.34. The van der Waals surface area contributed by atoms with Gasteiger partial charge in [0.05, 0.1) is 21.5 Å². The van der Waals surface area contributed by atoms with Gasteiger partial charge in [0, 0.05) is 44.0 Å². The summed E-state index contributed by atoms with van der Waals surface area (Å²) in [4.78, 5) is 20.6. The Morgan fingerprint density at radius 1 is 1.18 bits per heavy atom. The molecule has 2 aliphatic rings. The second-order valence-corrected chi connectivity index (χ2v) is 10.8. The molecule has 1 aliphatic heterocycles. The third kappa shape index (κ3) is 3.54. The Kier molecular flexibility index (Phi) is 5.29. The third-order valence-corrected chi connectivity index (χ3v) is 8.80. The number of aromatic nitrogens is 3. The van der Waals surface area contributed by atoms with Crippen LogP contribution in [0.1, 0.15) is 59.9 Å². The molecule has 0 spiro atoms. The van der Waals surface area contributed by atoms with Crippen LogP contribution in [-0.4, -0.2) is 53.0 Å². The molecule has 1 amide bonds. The van der Waals surface area contributed by atoms with Crippen molar-refractivity contribution < 1.29 is 13.2 Å². The van der Waals surface area contributed by atoms with Gasteiger partial charge < -0.3 is 4.90 Å². The predicted octanol–water partition coefficient (Wildman–Crippen LogP) is 3.39. The summed E-state index contributed by atoms with van der Waals surface area (Å²) in [5.74, 6) is 0.327. The molecule has 1 fully saturated rings. The van der Waals surface area contributed by atoms with Gasteiger partial charge in [-0.3, -0.25) is 9.48 Å². The Hall–Kier alpha value is -2.78. The Labute approximate surface area is 194 Å². The summed E-state index contributed by atoms with van der Waals surface area (Å²) < 4.78 is 29.1. The van der Waals surface area contributed by atoms with E-state index in [1.165, 1.54) is 4.31 Å². The number of sulfonamides is 1. The maximum Gasteiger partial charge on any atom is 0.259 e. The Morgan fingerprint density at radius 2 is 1.91 bits per heavy atom. The molecule has 0 atom stereocenters. The van der Waals surface area contributed by atoms with Gasteiger partial charge in [0.2, 0.25) is 10.0 Å². The zero-order chi connectivity index (χ0) is 23.5. The number of fused-ring (bicyclic) bond motifs is 2. The van der Waals surface area contributed by atoms with Crippen molar-refractivity contribution >= 4 is 32.7 Å². The predicted molar refractivity (Wildman–Crippen MR) is 127 cm³/mol. The minimum atomic E-state index is -3.54. The van der Waals surface area contributed by atoms with Crippen LogP contribution in [0.5, 0.6) is 0 Å². The summed E-state index contributed by atoms with van der Waals surface area (Å²) in [5.41, 5.74) is 4.76. The van der Waals surface area contributed by atoms with Gasteiger partial charge in [0.25, 0.3) is 5.91 Å². The van der Waals surface area contributed by atoms with Gasteiger partial charge in [0.1, 0.15) is 0 Å². The van der Waals surface area contributed by atoms with Crippen LogP contribution in [0.2, 0.25) is 0 Å². The number of rotatable bonds is 6. The number of hydrogen-bond donors (Lipinski definition) is 0. The van der Waals surface area contributed by atoms with Gasteiger partial charge in [-0.15, -0.1) is 0 Å². The summed E-state index contributed by atoms with van der Waals surface area (Å²) in [7, 11) is -1.68. The van der Waals surface area contributed by atoms with Crippen molar-refractivity contribution in [2.45, 2.75) is 50.8 Å². The molecule has 1 saturated carbocycles. The van der Waals surface area contributed by atoms with Crippen molar-refractivity contribution in [1.29, 1.82) is 0 Å². The van der Waals surface area contributed by atoms with Crippen LogP contribution < -0.4 is 4.90 Å². The first-order chi connectivity index (χ1) is 15.8. The minimum Gasteiger partial charge on any atom is -0.308 e. The standard InChI is InChI=1S/C24H29N5O3S/c1-5-28(6-2)33(31,32)18-9-10-21-17(13-18)11-12-29(21)24(30)19-14-20(16-7-8-16)25-23-22(19)15(3)26-27(23)4/h9-10,13-14,16H,5-8,11-12H2,1-4H3. The number of aryl methyl sites for hydroxylation is 2. The van der Waals surface area contributed by atoms with E-state index in [1.807, 2.05) is 33.9 Å². The smallest absolute Gasteiger partial charge is 0.259 e. The van der Waals surface area contributed by atoms with Crippen molar-refractivity contribution in [3.05, 3.63) is 46.8 Å². The molecule has 0 bridgehead atoms. The number of nitrogens with zero attached hydrogens (tertiary/aromatic N) is 5. The summed E-state index contributed by atoms with van der Waals surface area (Å²) in [5, 5.41) is 5.30. The lowest BCUT2D eigenvalue weighted by molar-refractivity contribution is 0.0990. The lowest BCUT2D eigenvalue weighted by atomic mass is 10.1. The molecule has 0 radical (unpaired) electrons. The molecule has 9 heteroatoms. The van der Waals surface area contributed by atoms with Crippen LogP contribution in [0.3, 0.4) is 0 Å². The van der Waals surface area contributed by atoms with Crippen LogP contribution in [0.15, 0.2) is 29.2 Å². The van der Waals surface area contributed by atoms with Gasteiger partial charge in [-0.25, -0.2) is 13.4 Å². The van der Waals surface area contributed by atoms with Crippen LogP contribution >= 0.6 is 0 Å². The molecule has 174 valence electrons. The number of carbonyl (C=O) groups is 1. The van der Waals surface area contributed by atoms with Crippen LogP contribution in [0, 0.1) is 6.92 Å². The van der Waals surface area contributed by atoms with E-state index < -0.39 is 10.0 Å². The van der Waals surface area contributed by atoms with Crippen molar-refractivity contribution in [2.24, 2.45) is 7.05 Å². The molecular formula is C24H29N5O3S. The topological polar surface area (TPSA) is 88.4 Å². The highest BCUT2D eigenvalue weighted by molar-refractivity contribution is 7.89. The maximum atomic E-state index is 13.8. The molecule has 0 saturated heterocycles. The first-order valence-corrected chi connectivity index (χ1v) is 13.0. The largest absolute Gasteiger partial charge is 0.308 e. The van der Waals surface area contributed by atoms with Crippen LogP contribution in [0.25, 0.3) is 11.0 Å². The minimum absolute atomic E-state index is 0.0847. The lowest BCUT2D eigenvalue weighted by Crippen LogP contribution is -2.31. The Balaban J connectivity index is 1.55. The molecule has 0 N–H and O–H groups in total. The van der Waals surface area contributed by atoms with Crippen molar-refractivity contribution in [3.8, 4) is 0 Å². The first kappa shape index (κ1) is 22.0. The fourth-order valence-electron chi connectivity index (χ4n) is 4.83. The average molecular weight is 468 g/mol. The monoisotopic (exact) mass is 467 g/mol. The highest BCUT2D eigenvalue weighted by Gasteiger charge is 2.33. The third-order valence-electron chi connectivity index (χ3n) is 6.75. The maximum absolute atomic E-state index is 13.8. The summed E-state index contributed by atoms with van der Waals surface area (Å²) in [6.45, 7) is 6.94. The number of hydrogen-bond acceptors (Lipinski definition) is 5. The highest BCUT2D eigenvalue weighted by atomic mass is 32.2. The second kappa shape index (κ2) is 7.92. The van der Waals surface area contributed by atoms with E-state index in [-0.39, 0.29) is 10.8 Å². The van der Waals surface area contributed by atoms with Gasteiger partial charge >= 0.3 is 0 Å². The zero-order valence-corrected chi connectivity index (χ0v) is 20.3. The zero-order valence-electron chi connectivity index (χ0n) is 19.5. The van der Waals surface area contributed by atoms with Crippen molar-refractivity contribution in [2.75, 3.05) is 24.5 Å². The molecule has 8 nitrogen and oxygen atoms in total. The molecule has 3 aromatic rings. The quantitative estimate of drug-likeness (QED) is 0.555. The number of benzene rings is 1. The second-order valence-electron chi connectivity index (χ2n) is 8.86. The van der Waals surface area contributed by atoms with Gasteiger partial charge in [0.15, 0.2) is 5.65 Å². The Morgan fingerprint density at radius 3 is 2.58 bits per heavy atom. The van der Waals surface area contributed by atoms with E-state index in [9.17, 15) is 13.2 Å². The van der Waals surface area contributed by atoms with E-state index in [0.717, 1.165) is 46.5 Å². The number of anilines is 1. The lowest BCUT2D eigenvalue weighted by Gasteiger charge is -2.21.